The molecule has 1 aliphatic rings. The van der Waals surface area contributed by atoms with Crippen molar-refractivity contribution in [2.75, 3.05) is 6.54 Å². The maximum Gasteiger partial charge on any atom is 0.0422 e. The third-order valence-electron chi connectivity index (χ3n) is 4.46. The second-order valence-electron chi connectivity index (χ2n) is 6.55. The molecule has 0 spiro atoms. The fourth-order valence-electron chi connectivity index (χ4n) is 2.94. The van der Waals surface area contributed by atoms with Gasteiger partial charge in [-0.25, -0.2) is 0 Å². The minimum Gasteiger partial charge on any atom is -0.310 e. The zero-order chi connectivity index (χ0) is 13.2. The van der Waals surface area contributed by atoms with E-state index in [1.807, 2.05) is 6.20 Å². The van der Waals surface area contributed by atoms with Crippen molar-refractivity contribution in [1.82, 2.24) is 10.3 Å². The molecule has 2 heterocycles. The Hall–Kier alpha value is -0.890. The molecule has 1 aromatic rings. The van der Waals surface area contributed by atoms with Crippen LogP contribution < -0.4 is 5.32 Å². The van der Waals surface area contributed by atoms with Crippen molar-refractivity contribution in [3.63, 3.8) is 0 Å². The molecule has 1 aliphatic heterocycles. The molecule has 0 radical (unpaired) electrons. The van der Waals surface area contributed by atoms with Crippen LogP contribution in [0.4, 0.5) is 0 Å². The quantitative estimate of drug-likeness (QED) is 0.884. The maximum absolute atomic E-state index is 4.63. The van der Waals surface area contributed by atoms with Crippen LogP contribution in [0.15, 0.2) is 18.3 Å². The lowest BCUT2D eigenvalue weighted by Gasteiger charge is -2.42. The van der Waals surface area contributed by atoms with Gasteiger partial charge in [-0.1, -0.05) is 33.8 Å². The Balaban J connectivity index is 2.18. The minimum absolute atomic E-state index is 0.216. The number of hydrogen-bond donors (Lipinski definition) is 1. The number of aromatic nitrogens is 1. The molecular formula is C16H26N2. The predicted octanol–water partition coefficient (Wildman–Crippen LogP) is 3.35. The van der Waals surface area contributed by atoms with Gasteiger partial charge in [0.05, 0.1) is 0 Å². The lowest BCUT2D eigenvalue weighted by atomic mass is 9.70. The third-order valence-corrected chi connectivity index (χ3v) is 4.46. The molecule has 1 N–H and O–H groups in total. The van der Waals surface area contributed by atoms with E-state index in [9.17, 15) is 0 Å². The van der Waals surface area contributed by atoms with Crippen LogP contribution in [0.25, 0.3) is 0 Å². The summed E-state index contributed by atoms with van der Waals surface area (Å²) in [7, 11) is 0. The average molecular weight is 246 g/mol. The fraction of sp³-hybridized carbons (Fsp3) is 0.688. The van der Waals surface area contributed by atoms with Crippen molar-refractivity contribution in [3.8, 4) is 0 Å². The molecule has 1 fully saturated rings. The molecular weight excluding hydrogens is 220 g/mol. The Morgan fingerprint density at radius 3 is 2.56 bits per heavy atom. The van der Waals surface area contributed by atoms with Gasteiger partial charge in [0.1, 0.15) is 0 Å². The Morgan fingerprint density at radius 2 is 2.11 bits per heavy atom. The standard InChI is InChI=1S/C16H26N2/c1-5-13-7-8-14(17-12-13)11-16(15(2,3)4)9-6-10-18-16/h7-8,12,18H,5-6,9-11H2,1-4H3. The van der Waals surface area contributed by atoms with Crippen molar-refractivity contribution >= 4 is 0 Å². The highest BCUT2D eigenvalue weighted by Crippen LogP contribution is 2.39. The van der Waals surface area contributed by atoms with Gasteiger partial charge in [0.25, 0.3) is 0 Å². The molecule has 18 heavy (non-hydrogen) atoms. The van der Waals surface area contributed by atoms with Gasteiger partial charge in [-0.05, 0) is 42.9 Å². The van der Waals surface area contributed by atoms with E-state index in [-0.39, 0.29) is 11.0 Å². The highest BCUT2D eigenvalue weighted by Gasteiger charge is 2.43. The van der Waals surface area contributed by atoms with Crippen molar-refractivity contribution in [2.45, 2.75) is 58.9 Å². The van der Waals surface area contributed by atoms with Crippen LogP contribution in [-0.2, 0) is 12.8 Å². The summed E-state index contributed by atoms with van der Waals surface area (Å²) in [5.74, 6) is 0. The predicted molar refractivity (Wildman–Crippen MR) is 76.7 cm³/mol. The Morgan fingerprint density at radius 1 is 1.33 bits per heavy atom. The Labute approximate surface area is 111 Å². The van der Waals surface area contributed by atoms with E-state index < -0.39 is 0 Å². The zero-order valence-electron chi connectivity index (χ0n) is 12.2. The number of aryl methyl sites for hydroxylation is 1. The van der Waals surface area contributed by atoms with Crippen molar-refractivity contribution < 1.29 is 0 Å². The zero-order valence-corrected chi connectivity index (χ0v) is 12.2. The molecule has 1 atom stereocenters. The van der Waals surface area contributed by atoms with E-state index in [0.717, 1.165) is 19.4 Å². The van der Waals surface area contributed by atoms with Gasteiger partial charge in [0.15, 0.2) is 0 Å². The fourth-order valence-corrected chi connectivity index (χ4v) is 2.94. The second-order valence-corrected chi connectivity index (χ2v) is 6.55. The Kier molecular flexibility index (Phi) is 3.76. The third kappa shape index (κ3) is 2.59. The lowest BCUT2D eigenvalue weighted by molar-refractivity contribution is 0.158. The lowest BCUT2D eigenvalue weighted by Crippen LogP contribution is -2.52. The van der Waals surface area contributed by atoms with Crippen LogP contribution in [0.3, 0.4) is 0 Å². The summed E-state index contributed by atoms with van der Waals surface area (Å²) in [5, 5.41) is 3.75. The van der Waals surface area contributed by atoms with Crippen molar-refractivity contribution in [1.29, 1.82) is 0 Å². The van der Waals surface area contributed by atoms with Gasteiger partial charge < -0.3 is 5.32 Å². The molecule has 1 unspecified atom stereocenters. The smallest absolute Gasteiger partial charge is 0.0422 e. The number of nitrogens with zero attached hydrogens (tertiary/aromatic N) is 1. The first-order chi connectivity index (χ1) is 8.47. The molecule has 0 amide bonds. The van der Waals surface area contributed by atoms with Crippen LogP contribution in [0.2, 0.25) is 0 Å². The molecule has 100 valence electrons. The molecule has 0 bridgehead atoms. The molecule has 0 aliphatic carbocycles. The summed E-state index contributed by atoms with van der Waals surface area (Å²) in [4.78, 5) is 4.63. The van der Waals surface area contributed by atoms with Crippen molar-refractivity contribution in [3.05, 3.63) is 29.6 Å². The van der Waals surface area contributed by atoms with Crippen LogP contribution in [-0.4, -0.2) is 17.1 Å². The van der Waals surface area contributed by atoms with Crippen LogP contribution in [0.5, 0.6) is 0 Å². The van der Waals surface area contributed by atoms with Gasteiger partial charge in [-0.3, -0.25) is 4.98 Å². The first-order valence-electron chi connectivity index (χ1n) is 7.16. The highest BCUT2D eigenvalue weighted by molar-refractivity contribution is 5.18. The normalized spacial score (nSPS) is 24.4. The second kappa shape index (κ2) is 5.00. The van der Waals surface area contributed by atoms with E-state index in [1.54, 1.807) is 0 Å². The molecule has 0 aromatic carbocycles. The summed E-state index contributed by atoms with van der Waals surface area (Å²) in [6.07, 6.45) is 6.68. The molecule has 2 heteroatoms. The van der Waals surface area contributed by atoms with E-state index in [0.29, 0.717) is 0 Å². The van der Waals surface area contributed by atoms with Crippen LogP contribution in [0, 0.1) is 5.41 Å². The first kappa shape index (κ1) is 13.5. The molecule has 0 saturated carbocycles. The van der Waals surface area contributed by atoms with Gasteiger partial charge >= 0.3 is 0 Å². The molecule has 2 nitrogen and oxygen atoms in total. The van der Waals surface area contributed by atoms with E-state index in [1.165, 1.54) is 24.1 Å². The number of rotatable bonds is 3. The molecule has 2 rings (SSSR count). The van der Waals surface area contributed by atoms with Gasteiger partial charge in [-0.2, -0.15) is 0 Å². The number of nitrogens with one attached hydrogen (secondary N) is 1. The molecule has 1 aromatic heterocycles. The first-order valence-corrected chi connectivity index (χ1v) is 7.16. The number of pyridine rings is 1. The summed E-state index contributed by atoms with van der Waals surface area (Å²) in [5.41, 5.74) is 3.03. The number of hydrogen-bond acceptors (Lipinski definition) is 2. The molecule has 1 saturated heterocycles. The highest BCUT2D eigenvalue weighted by atomic mass is 15.0. The van der Waals surface area contributed by atoms with Crippen molar-refractivity contribution in [2.24, 2.45) is 5.41 Å². The summed E-state index contributed by atoms with van der Waals surface area (Å²) in [6, 6.07) is 4.42. The SMILES string of the molecule is CCc1ccc(CC2(C(C)(C)C)CCCN2)nc1. The maximum atomic E-state index is 4.63. The largest absolute Gasteiger partial charge is 0.310 e. The van der Waals surface area contributed by atoms with Gasteiger partial charge in [-0.15, -0.1) is 0 Å². The summed E-state index contributed by atoms with van der Waals surface area (Å²) in [6.45, 7) is 10.3. The summed E-state index contributed by atoms with van der Waals surface area (Å²) >= 11 is 0. The van der Waals surface area contributed by atoms with E-state index in [2.05, 4.69) is 50.1 Å². The minimum atomic E-state index is 0.216. The van der Waals surface area contributed by atoms with Gasteiger partial charge in [0.2, 0.25) is 0 Å². The Bertz CT molecular complexity index is 381. The average Bonchev–Trinajstić information content (AvgIpc) is 2.79. The summed E-state index contributed by atoms with van der Waals surface area (Å²) < 4.78 is 0. The van der Waals surface area contributed by atoms with Crippen LogP contribution >= 0.6 is 0 Å². The topological polar surface area (TPSA) is 24.9 Å². The monoisotopic (exact) mass is 246 g/mol. The van der Waals surface area contributed by atoms with Gasteiger partial charge in [0, 0.05) is 23.9 Å². The van der Waals surface area contributed by atoms with E-state index >= 15 is 0 Å². The van der Waals surface area contributed by atoms with E-state index in [4.69, 9.17) is 0 Å². The van der Waals surface area contributed by atoms with Crippen LogP contribution in [0.1, 0.15) is 51.8 Å².